The van der Waals surface area contributed by atoms with E-state index in [4.69, 9.17) is 4.74 Å². The highest BCUT2D eigenvalue weighted by atomic mass is 79.9. The molecule has 120 valence electrons. The number of rotatable bonds is 6. The van der Waals surface area contributed by atoms with E-state index >= 15 is 0 Å². The molecule has 0 radical (unpaired) electrons. The summed E-state index contributed by atoms with van der Waals surface area (Å²) in [6, 6.07) is 15.8. The van der Waals surface area contributed by atoms with Crippen molar-refractivity contribution in [3.05, 3.63) is 64.1 Å². The lowest BCUT2D eigenvalue weighted by atomic mass is 9.65. The molecule has 0 aromatic heterocycles. The van der Waals surface area contributed by atoms with Gasteiger partial charge in [0.05, 0.1) is 9.89 Å². The first kappa shape index (κ1) is 16.1. The number of halogens is 1. The Bertz CT molecular complexity index is 693. The lowest BCUT2D eigenvalue weighted by Crippen LogP contribution is -2.39. The van der Waals surface area contributed by atoms with E-state index in [1.54, 1.807) is 0 Å². The normalized spacial score (nSPS) is 15.7. The van der Waals surface area contributed by atoms with E-state index in [2.05, 4.69) is 15.9 Å². The number of hydrogen-bond donors (Lipinski definition) is 1. The number of carboxylic acids is 1. The van der Waals surface area contributed by atoms with Crippen molar-refractivity contribution in [2.75, 3.05) is 0 Å². The number of hydrogen-bond acceptors (Lipinski definition) is 2. The van der Waals surface area contributed by atoms with Gasteiger partial charge in [-0.2, -0.15) is 0 Å². The molecule has 1 saturated carbocycles. The molecule has 0 atom stereocenters. The van der Waals surface area contributed by atoms with Crippen LogP contribution in [-0.2, 0) is 17.8 Å². The molecule has 1 fully saturated rings. The first-order valence-electron chi connectivity index (χ1n) is 7.78. The summed E-state index contributed by atoms with van der Waals surface area (Å²) in [4.78, 5) is 11.5. The van der Waals surface area contributed by atoms with E-state index in [1.165, 1.54) is 0 Å². The van der Waals surface area contributed by atoms with E-state index in [1.807, 2.05) is 48.5 Å². The minimum atomic E-state index is -0.682. The molecule has 3 nitrogen and oxygen atoms in total. The Balaban J connectivity index is 1.73. The first-order chi connectivity index (χ1) is 11.1. The minimum absolute atomic E-state index is 0.493. The zero-order valence-corrected chi connectivity index (χ0v) is 14.4. The van der Waals surface area contributed by atoms with Gasteiger partial charge in [0.25, 0.3) is 0 Å². The molecule has 1 aliphatic rings. The molecule has 0 heterocycles. The van der Waals surface area contributed by atoms with Crippen LogP contribution in [0.1, 0.15) is 30.4 Å². The van der Waals surface area contributed by atoms with Crippen molar-refractivity contribution in [1.29, 1.82) is 0 Å². The molecule has 0 amide bonds. The molecule has 0 unspecified atom stereocenters. The van der Waals surface area contributed by atoms with Crippen LogP contribution >= 0.6 is 15.9 Å². The van der Waals surface area contributed by atoms with Crippen LogP contribution in [-0.4, -0.2) is 11.1 Å². The highest BCUT2D eigenvalue weighted by molar-refractivity contribution is 9.10. The molecule has 2 aromatic carbocycles. The lowest BCUT2D eigenvalue weighted by molar-refractivity contribution is -0.154. The summed E-state index contributed by atoms with van der Waals surface area (Å²) in [6.07, 6.45) is 3.09. The van der Waals surface area contributed by atoms with E-state index in [0.717, 1.165) is 40.6 Å². The third-order valence-electron chi connectivity index (χ3n) is 4.54. The van der Waals surface area contributed by atoms with Crippen LogP contribution in [0.5, 0.6) is 5.75 Å². The zero-order valence-electron chi connectivity index (χ0n) is 12.8. The number of carbonyl (C=O) groups is 1. The van der Waals surface area contributed by atoms with Crippen molar-refractivity contribution in [1.82, 2.24) is 0 Å². The Morgan fingerprint density at radius 1 is 1.13 bits per heavy atom. The second kappa shape index (κ2) is 6.75. The quantitative estimate of drug-likeness (QED) is 0.787. The van der Waals surface area contributed by atoms with E-state index in [-0.39, 0.29) is 0 Å². The summed E-state index contributed by atoms with van der Waals surface area (Å²) in [5, 5.41) is 9.48. The van der Waals surface area contributed by atoms with Gasteiger partial charge in [-0.1, -0.05) is 42.8 Å². The average molecular weight is 375 g/mol. The first-order valence-corrected chi connectivity index (χ1v) is 8.57. The van der Waals surface area contributed by atoms with Crippen LogP contribution in [0.25, 0.3) is 0 Å². The molecule has 2 aromatic rings. The molecular weight excluding hydrogens is 356 g/mol. The summed E-state index contributed by atoms with van der Waals surface area (Å²) in [5.41, 5.74) is 1.54. The van der Waals surface area contributed by atoms with Gasteiger partial charge >= 0.3 is 5.97 Å². The maximum Gasteiger partial charge on any atom is 0.309 e. The van der Waals surface area contributed by atoms with Gasteiger partial charge in [-0.25, -0.2) is 0 Å². The molecule has 23 heavy (non-hydrogen) atoms. The molecule has 1 aliphatic carbocycles. The SMILES string of the molecule is O=C(O)C1(Cc2ccc(Br)c(OCc3ccccc3)c2)CCC1. The topological polar surface area (TPSA) is 46.5 Å². The Labute approximate surface area is 144 Å². The maximum atomic E-state index is 11.5. The van der Waals surface area contributed by atoms with Crippen LogP contribution < -0.4 is 4.74 Å². The fourth-order valence-electron chi connectivity index (χ4n) is 2.96. The van der Waals surface area contributed by atoms with Crippen molar-refractivity contribution in [3.8, 4) is 5.75 Å². The van der Waals surface area contributed by atoms with Crippen LogP contribution in [0.3, 0.4) is 0 Å². The van der Waals surface area contributed by atoms with Gasteiger partial charge in [0.1, 0.15) is 12.4 Å². The second-order valence-corrected chi connectivity index (χ2v) is 7.01. The number of ether oxygens (including phenoxy) is 1. The Morgan fingerprint density at radius 3 is 2.48 bits per heavy atom. The standard InChI is InChI=1S/C19H19BrO3/c20-16-8-7-15(12-19(18(21)22)9-4-10-19)11-17(16)23-13-14-5-2-1-3-6-14/h1-3,5-8,11H,4,9-10,12-13H2,(H,21,22). The van der Waals surface area contributed by atoms with E-state index in [0.29, 0.717) is 13.0 Å². The Morgan fingerprint density at radius 2 is 1.87 bits per heavy atom. The summed E-state index contributed by atoms with van der Waals surface area (Å²) < 4.78 is 6.78. The van der Waals surface area contributed by atoms with Crippen molar-refractivity contribution >= 4 is 21.9 Å². The lowest BCUT2D eigenvalue weighted by Gasteiger charge is -2.37. The van der Waals surface area contributed by atoms with Crippen molar-refractivity contribution in [2.24, 2.45) is 5.41 Å². The fraction of sp³-hybridized carbons (Fsp3) is 0.316. The maximum absolute atomic E-state index is 11.5. The monoisotopic (exact) mass is 374 g/mol. The predicted molar refractivity (Wildman–Crippen MR) is 92.5 cm³/mol. The molecule has 4 heteroatoms. The number of aliphatic carboxylic acids is 1. The van der Waals surface area contributed by atoms with Gasteiger partial charge < -0.3 is 9.84 Å². The minimum Gasteiger partial charge on any atom is -0.488 e. The number of benzene rings is 2. The van der Waals surface area contributed by atoms with Gasteiger partial charge in [-0.3, -0.25) is 4.79 Å². The van der Waals surface area contributed by atoms with Gasteiger partial charge in [0, 0.05) is 0 Å². The molecule has 1 N–H and O–H groups in total. The summed E-state index contributed by atoms with van der Waals surface area (Å²) >= 11 is 3.50. The molecule has 0 spiro atoms. The van der Waals surface area contributed by atoms with Gasteiger partial charge in [-0.05, 0) is 58.5 Å². The molecular formula is C19H19BrO3. The summed E-state index contributed by atoms with van der Waals surface area (Å²) in [7, 11) is 0. The van der Waals surface area contributed by atoms with Crippen LogP contribution in [0.4, 0.5) is 0 Å². The molecule has 3 rings (SSSR count). The van der Waals surface area contributed by atoms with Gasteiger partial charge in [0.15, 0.2) is 0 Å². The second-order valence-electron chi connectivity index (χ2n) is 6.15. The highest BCUT2D eigenvalue weighted by Gasteiger charge is 2.44. The molecule has 0 aliphatic heterocycles. The number of carboxylic acid groups (broad SMARTS) is 1. The van der Waals surface area contributed by atoms with E-state index < -0.39 is 11.4 Å². The third-order valence-corrected chi connectivity index (χ3v) is 5.19. The summed E-state index contributed by atoms with van der Waals surface area (Å²) in [6.45, 7) is 0.493. The van der Waals surface area contributed by atoms with Crippen molar-refractivity contribution in [3.63, 3.8) is 0 Å². The average Bonchev–Trinajstić information content (AvgIpc) is 2.51. The van der Waals surface area contributed by atoms with Gasteiger partial charge in [-0.15, -0.1) is 0 Å². The fourth-order valence-corrected chi connectivity index (χ4v) is 3.33. The summed E-state index contributed by atoms with van der Waals surface area (Å²) in [5.74, 6) is 0.0737. The molecule has 0 saturated heterocycles. The van der Waals surface area contributed by atoms with Crippen LogP contribution in [0, 0.1) is 5.41 Å². The Kier molecular flexibility index (Phi) is 4.71. The van der Waals surface area contributed by atoms with Crippen molar-refractivity contribution < 1.29 is 14.6 Å². The Hall–Kier alpha value is -1.81. The van der Waals surface area contributed by atoms with Crippen molar-refractivity contribution in [2.45, 2.75) is 32.3 Å². The third kappa shape index (κ3) is 3.58. The van der Waals surface area contributed by atoms with Crippen LogP contribution in [0.15, 0.2) is 53.0 Å². The largest absolute Gasteiger partial charge is 0.488 e. The highest BCUT2D eigenvalue weighted by Crippen LogP contribution is 2.44. The smallest absolute Gasteiger partial charge is 0.309 e. The van der Waals surface area contributed by atoms with Crippen LogP contribution in [0.2, 0.25) is 0 Å². The zero-order chi connectivity index (χ0) is 16.3. The molecule has 0 bridgehead atoms. The predicted octanol–water partition coefficient (Wildman–Crippen LogP) is 4.83. The van der Waals surface area contributed by atoms with E-state index in [9.17, 15) is 9.90 Å². The van der Waals surface area contributed by atoms with Gasteiger partial charge in [0.2, 0.25) is 0 Å².